The van der Waals surface area contributed by atoms with Crippen molar-refractivity contribution in [3.63, 3.8) is 0 Å². The van der Waals surface area contributed by atoms with Crippen LogP contribution in [0, 0.1) is 0 Å². The second-order valence-electron chi connectivity index (χ2n) is 15.4. The molecule has 6 N–H and O–H groups in total. The zero-order valence-electron chi connectivity index (χ0n) is 36.3. The van der Waals surface area contributed by atoms with Gasteiger partial charge in [0.15, 0.2) is 6.29 Å². The molecule has 0 radical (unpaired) electrons. The molecule has 7 unspecified atom stereocenters. The number of carbonyl (C=O) groups is 1. The minimum Gasteiger partial charge on any atom is -0.394 e. The van der Waals surface area contributed by atoms with Gasteiger partial charge in [0.2, 0.25) is 5.91 Å². The van der Waals surface area contributed by atoms with E-state index in [2.05, 4.69) is 92.1 Å². The summed E-state index contributed by atoms with van der Waals surface area (Å²) in [5.41, 5.74) is 0. The molecule has 1 saturated heterocycles. The minimum atomic E-state index is -1.58. The van der Waals surface area contributed by atoms with Crippen molar-refractivity contribution in [2.45, 2.75) is 204 Å². The third kappa shape index (κ3) is 28.7. The van der Waals surface area contributed by atoms with Gasteiger partial charge in [-0.25, -0.2) is 0 Å². The van der Waals surface area contributed by atoms with Crippen LogP contribution < -0.4 is 5.32 Å². The summed E-state index contributed by atoms with van der Waals surface area (Å²) in [4.78, 5) is 12.9. The minimum absolute atomic E-state index is 0.202. The zero-order valence-corrected chi connectivity index (χ0v) is 36.3. The third-order valence-electron chi connectivity index (χ3n) is 10.2. The molecular formula is C49H83NO8. The topological polar surface area (TPSA) is 149 Å². The van der Waals surface area contributed by atoms with Gasteiger partial charge in [-0.3, -0.25) is 4.79 Å². The molecule has 58 heavy (non-hydrogen) atoms. The number of hydrogen-bond donors (Lipinski definition) is 6. The molecule has 0 aromatic carbocycles. The molecule has 1 amide bonds. The predicted molar refractivity (Wildman–Crippen MR) is 239 cm³/mol. The van der Waals surface area contributed by atoms with Crippen LogP contribution in [0.2, 0.25) is 0 Å². The van der Waals surface area contributed by atoms with Gasteiger partial charge in [-0.05, 0) is 77.0 Å². The second kappa shape index (κ2) is 38.6. The number of hydrogen-bond acceptors (Lipinski definition) is 8. The van der Waals surface area contributed by atoms with E-state index in [0.717, 1.165) is 89.9 Å². The molecular weight excluding hydrogens is 731 g/mol. The molecule has 0 saturated carbocycles. The lowest BCUT2D eigenvalue weighted by molar-refractivity contribution is -0.302. The molecule has 0 bridgehead atoms. The van der Waals surface area contributed by atoms with Crippen LogP contribution in [0.5, 0.6) is 0 Å². The van der Waals surface area contributed by atoms with Crippen LogP contribution in [0.3, 0.4) is 0 Å². The lowest BCUT2D eigenvalue weighted by Crippen LogP contribution is -2.60. The van der Waals surface area contributed by atoms with Gasteiger partial charge in [-0.2, -0.15) is 0 Å². The first-order valence-corrected chi connectivity index (χ1v) is 22.8. The van der Waals surface area contributed by atoms with Crippen molar-refractivity contribution in [1.29, 1.82) is 0 Å². The van der Waals surface area contributed by atoms with Crippen molar-refractivity contribution in [3.05, 3.63) is 85.1 Å². The second-order valence-corrected chi connectivity index (χ2v) is 15.4. The lowest BCUT2D eigenvalue weighted by atomic mass is 9.99. The summed E-state index contributed by atoms with van der Waals surface area (Å²) in [6, 6.07) is -0.833. The Morgan fingerprint density at radius 2 is 1.09 bits per heavy atom. The SMILES string of the molecule is CC/C=C\C/C=C\C/C=C\C/C=C\CCCCCCCCCCCCC(=O)NC(COC1OC(CO)C(O)C(O)C1O)C(O)/C=C/CC/C=C/CC/C=C/CCCC. The maximum Gasteiger partial charge on any atom is 0.220 e. The Morgan fingerprint density at radius 3 is 1.66 bits per heavy atom. The summed E-state index contributed by atoms with van der Waals surface area (Å²) < 4.78 is 11.2. The average molecular weight is 814 g/mol. The number of unbranched alkanes of at least 4 members (excludes halogenated alkanes) is 14. The molecule has 1 heterocycles. The molecule has 9 nitrogen and oxygen atoms in total. The Balaban J connectivity index is 2.33. The van der Waals surface area contributed by atoms with Gasteiger partial charge in [-0.15, -0.1) is 0 Å². The number of aliphatic hydroxyl groups excluding tert-OH is 5. The van der Waals surface area contributed by atoms with Crippen molar-refractivity contribution in [3.8, 4) is 0 Å². The van der Waals surface area contributed by atoms with Gasteiger partial charge in [0.25, 0.3) is 0 Å². The highest BCUT2D eigenvalue weighted by atomic mass is 16.7. The predicted octanol–water partition coefficient (Wildman–Crippen LogP) is 9.55. The summed E-state index contributed by atoms with van der Waals surface area (Å²) in [5.74, 6) is -0.202. The Labute approximate surface area is 352 Å². The molecule has 7 atom stereocenters. The van der Waals surface area contributed by atoms with Gasteiger partial charge >= 0.3 is 0 Å². The Kier molecular flexibility index (Phi) is 35.5. The standard InChI is InChI=1S/C49H83NO8/c1-3-5-7-9-11-13-15-17-18-19-20-21-22-23-24-25-26-27-29-31-33-35-37-39-45(53)50-42(41-57-49-48(56)47(55)46(54)44(40-51)58-49)43(52)38-36-34-32-30-28-16-14-12-10-8-6-4-2/h5,7,10-13,17-18,20-21,28,30,36,38,42-44,46-49,51-52,54-56H,3-4,6,8-9,14-16,19,22-27,29,31-35,37,39-41H2,1-2H3,(H,50,53)/b7-5-,12-10+,13-11-,18-17-,21-20-,30-28+,38-36+. The fourth-order valence-corrected chi connectivity index (χ4v) is 6.52. The van der Waals surface area contributed by atoms with Crippen molar-refractivity contribution in [1.82, 2.24) is 5.32 Å². The smallest absolute Gasteiger partial charge is 0.220 e. The van der Waals surface area contributed by atoms with Crippen LogP contribution in [0.15, 0.2) is 85.1 Å². The van der Waals surface area contributed by atoms with E-state index in [0.29, 0.717) is 6.42 Å². The van der Waals surface area contributed by atoms with Gasteiger partial charge in [0.05, 0.1) is 25.4 Å². The first-order chi connectivity index (χ1) is 28.3. The molecule has 1 aliphatic heterocycles. The number of amides is 1. The number of aliphatic hydroxyl groups is 5. The van der Waals surface area contributed by atoms with E-state index in [-0.39, 0.29) is 12.5 Å². The molecule has 0 aromatic rings. The fourth-order valence-electron chi connectivity index (χ4n) is 6.52. The normalized spacial score (nSPS) is 21.7. The van der Waals surface area contributed by atoms with Crippen LogP contribution in [0.4, 0.5) is 0 Å². The van der Waals surface area contributed by atoms with E-state index < -0.39 is 49.5 Å². The summed E-state index contributed by atoms with van der Waals surface area (Å²) in [6.45, 7) is 3.56. The van der Waals surface area contributed by atoms with Gasteiger partial charge < -0.3 is 40.3 Å². The maximum absolute atomic E-state index is 12.9. The molecule has 332 valence electrons. The van der Waals surface area contributed by atoms with Crippen LogP contribution in [0.25, 0.3) is 0 Å². The van der Waals surface area contributed by atoms with E-state index in [1.807, 2.05) is 6.08 Å². The highest BCUT2D eigenvalue weighted by Gasteiger charge is 2.44. The van der Waals surface area contributed by atoms with E-state index in [1.165, 1.54) is 51.4 Å². The molecule has 0 aliphatic carbocycles. The third-order valence-corrected chi connectivity index (χ3v) is 10.2. The molecule has 0 spiro atoms. The highest BCUT2D eigenvalue weighted by Crippen LogP contribution is 2.22. The quantitative estimate of drug-likeness (QED) is 0.0271. The first-order valence-electron chi connectivity index (χ1n) is 22.8. The Bertz CT molecular complexity index is 1180. The Morgan fingerprint density at radius 1 is 0.603 bits per heavy atom. The van der Waals surface area contributed by atoms with Gasteiger partial charge in [0.1, 0.15) is 24.4 Å². The number of allylic oxidation sites excluding steroid dienone is 13. The van der Waals surface area contributed by atoms with Crippen LogP contribution in [0.1, 0.15) is 162 Å². The Hall–Kier alpha value is -2.63. The number of rotatable bonds is 36. The van der Waals surface area contributed by atoms with E-state index >= 15 is 0 Å². The lowest BCUT2D eigenvalue weighted by Gasteiger charge is -2.40. The van der Waals surface area contributed by atoms with E-state index in [9.17, 15) is 30.3 Å². The largest absolute Gasteiger partial charge is 0.394 e. The highest BCUT2D eigenvalue weighted by molar-refractivity contribution is 5.76. The zero-order chi connectivity index (χ0) is 42.3. The van der Waals surface area contributed by atoms with Crippen molar-refractivity contribution < 1.29 is 39.8 Å². The first kappa shape index (κ1) is 53.4. The summed E-state index contributed by atoms with van der Waals surface area (Å²) >= 11 is 0. The monoisotopic (exact) mass is 814 g/mol. The van der Waals surface area contributed by atoms with E-state index in [4.69, 9.17) is 9.47 Å². The summed E-state index contributed by atoms with van der Waals surface area (Å²) in [7, 11) is 0. The number of ether oxygens (including phenoxy) is 2. The van der Waals surface area contributed by atoms with Crippen LogP contribution in [-0.4, -0.2) is 87.5 Å². The molecule has 9 heteroatoms. The molecule has 1 fully saturated rings. The van der Waals surface area contributed by atoms with Crippen molar-refractivity contribution >= 4 is 5.91 Å². The van der Waals surface area contributed by atoms with Crippen molar-refractivity contribution in [2.75, 3.05) is 13.2 Å². The average Bonchev–Trinajstić information content (AvgIpc) is 3.22. The molecule has 1 aliphatic rings. The van der Waals surface area contributed by atoms with Crippen LogP contribution in [-0.2, 0) is 14.3 Å². The van der Waals surface area contributed by atoms with E-state index in [1.54, 1.807) is 6.08 Å². The summed E-state index contributed by atoms with van der Waals surface area (Å²) in [6.07, 6.45) is 46.3. The van der Waals surface area contributed by atoms with Gasteiger partial charge in [0, 0.05) is 6.42 Å². The van der Waals surface area contributed by atoms with Gasteiger partial charge in [-0.1, -0.05) is 163 Å². The van der Waals surface area contributed by atoms with Crippen molar-refractivity contribution in [2.24, 2.45) is 0 Å². The fraction of sp³-hybridized carbons (Fsp3) is 0.694. The number of carbonyl (C=O) groups excluding carboxylic acids is 1. The maximum atomic E-state index is 12.9. The molecule has 0 aromatic heterocycles. The number of nitrogens with one attached hydrogen (secondary N) is 1. The molecule has 1 rings (SSSR count). The van der Waals surface area contributed by atoms with Crippen LogP contribution >= 0.6 is 0 Å². The summed E-state index contributed by atoms with van der Waals surface area (Å²) in [5, 5.41) is 54.1.